The van der Waals surface area contributed by atoms with Crippen LogP contribution in [-0.2, 0) is 24.7 Å². The summed E-state index contributed by atoms with van der Waals surface area (Å²) in [4.78, 5) is 34.4. The Balaban J connectivity index is 1.11. The number of hydrogen-bond donors (Lipinski definition) is 0. The lowest BCUT2D eigenvalue weighted by Gasteiger charge is -2.19. The molecule has 0 aliphatic carbocycles. The highest BCUT2D eigenvalue weighted by Gasteiger charge is 2.40. The fraction of sp³-hybridized carbons (Fsp3) is 0.0580. The molecule has 13 aromatic rings. The van der Waals surface area contributed by atoms with Gasteiger partial charge in [-0.2, -0.15) is 52.7 Å². The first-order chi connectivity index (χ1) is 42.6. The van der Waals surface area contributed by atoms with Crippen LogP contribution in [0.1, 0.15) is 22.3 Å². The van der Waals surface area contributed by atoms with Gasteiger partial charge in [-0.15, -0.1) is 0 Å². The first-order valence-corrected chi connectivity index (χ1v) is 27.1. The zero-order chi connectivity index (χ0) is 62.0. The number of pyridine rings is 1. The Morgan fingerprint density at radius 1 is 0.270 bits per heavy atom. The predicted octanol–water partition coefficient (Wildman–Crippen LogP) is 19.6. The van der Waals surface area contributed by atoms with Crippen molar-refractivity contribution in [3.63, 3.8) is 0 Å². The van der Waals surface area contributed by atoms with Crippen LogP contribution in [0.15, 0.2) is 231 Å². The van der Waals surface area contributed by atoms with E-state index in [0.29, 0.717) is 97.8 Å². The van der Waals surface area contributed by atoms with Gasteiger partial charge in [0.15, 0.2) is 34.9 Å². The van der Waals surface area contributed by atoms with Crippen LogP contribution in [0.25, 0.3) is 129 Å². The molecule has 4 aromatic heterocycles. The molecule has 13 rings (SSSR count). The average molecular weight is 1210 g/mol. The summed E-state index contributed by atoms with van der Waals surface area (Å²) in [6, 6.07) is 54.0. The van der Waals surface area contributed by atoms with Crippen molar-refractivity contribution < 1.29 is 52.7 Å². The van der Waals surface area contributed by atoms with E-state index < -0.39 is 58.1 Å². The second kappa shape index (κ2) is 22.1. The van der Waals surface area contributed by atoms with Crippen molar-refractivity contribution in [2.45, 2.75) is 24.7 Å². The van der Waals surface area contributed by atoms with Gasteiger partial charge in [0.25, 0.3) is 0 Å². The number of aromatic nitrogens is 8. The lowest BCUT2D eigenvalue weighted by Crippen LogP contribution is -2.12. The molecule has 0 saturated heterocycles. The van der Waals surface area contributed by atoms with Gasteiger partial charge in [-0.25, -0.2) is 29.9 Å². The lowest BCUT2D eigenvalue weighted by molar-refractivity contribution is -0.144. The fourth-order valence-electron chi connectivity index (χ4n) is 10.8. The van der Waals surface area contributed by atoms with Gasteiger partial charge in [0.2, 0.25) is 0 Å². The molecular weight excluding hydrogens is 1170 g/mol. The van der Waals surface area contributed by atoms with Crippen LogP contribution in [0.2, 0.25) is 0 Å². The molecule has 8 nitrogen and oxygen atoms in total. The van der Waals surface area contributed by atoms with E-state index in [9.17, 15) is 52.7 Å². The van der Waals surface area contributed by atoms with E-state index in [0.717, 1.165) is 0 Å². The maximum Gasteiger partial charge on any atom is 0.417 e. The summed E-state index contributed by atoms with van der Waals surface area (Å²) in [5, 5.41) is 0.174. The SMILES string of the molecule is FC(F)(F)c1ccc(-c2ccc3c(c2)c2cc(-c4ccc(C(F)(F)F)cc4C(F)(F)F)ccc2n3-c2ccc(-c3nc(-c4ccccc4)nc(-c4ccccc4)n3)cc2-c2cnccc2-c2nc(-c3ccccc3)nc(-c3ccccc3)n2)c(C(F)(F)F)c1. The summed E-state index contributed by atoms with van der Waals surface area (Å²) in [5.74, 6) is 1.68. The van der Waals surface area contributed by atoms with E-state index in [1.807, 2.05) is 121 Å². The Morgan fingerprint density at radius 3 is 1.02 bits per heavy atom. The highest BCUT2D eigenvalue weighted by molar-refractivity contribution is 6.12. The van der Waals surface area contributed by atoms with E-state index in [-0.39, 0.29) is 56.7 Å². The fourth-order valence-corrected chi connectivity index (χ4v) is 10.8. The molecule has 20 heteroatoms. The van der Waals surface area contributed by atoms with Crippen LogP contribution in [-0.4, -0.2) is 39.5 Å². The monoisotopic (exact) mass is 1210 g/mol. The van der Waals surface area contributed by atoms with Crippen LogP contribution in [0.3, 0.4) is 0 Å². The molecule has 0 N–H and O–H groups in total. The number of rotatable bonds is 10. The second-order valence-electron chi connectivity index (χ2n) is 20.5. The normalized spacial score (nSPS) is 12.3. The van der Waals surface area contributed by atoms with Crippen LogP contribution >= 0.6 is 0 Å². The minimum atomic E-state index is -5.31. The minimum Gasteiger partial charge on any atom is -0.309 e. The first kappa shape index (κ1) is 57.2. The van der Waals surface area contributed by atoms with Crippen molar-refractivity contribution >= 4 is 21.8 Å². The molecule has 438 valence electrons. The van der Waals surface area contributed by atoms with Gasteiger partial charge in [0.05, 0.1) is 39.0 Å². The van der Waals surface area contributed by atoms with E-state index >= 15 is 0 Å². The molecule has 0 fully saturated rings. The topological polar surface area (TPSA) is 95.2 Å². The largest absolute Gasteiger partial charge is 0.417 e. The molecule has 0 radical (unpaired) electrons. The molecule has 0 atom stereocenters. The van der Waals surface area contributed by atoms with Gasteiger partial charge in [-0.1, -0.05) is 146 Å². The third kappa shape index (κ3) is 11.2. The van der Waals surface area contributed by atoms with Crippen LogP contribution in [0, 0.1) is 0 Å². The predicted molar refractivity (Wildman–Crippen MR) is 314 cm³/mol. The van der Waals surface area contributed by atoms with Crippen molar-refractivity contribution in [2.75, 3.05) is 0 Å². The summed E-state index contributed by atoms with van der Waals surface area (Å²) in [5.41, 5.74) is -3.11. The first-order valence-electron chi connectivity index (χ1n) is 27.1. The highest BCUT2D eigenvalue weighted by Crippen LogP contribution is 2.47. The van der Waals surface area contributed by atoms with Gasteiger partial charge in [0.1, 0.15) is 0 Å². The third-order valence-electron chi connectivity index (χ3n) is 14.9. The summed E-state index contributed by atoms with van der Waals surface area (Å²) in [6.07, 6.45) is -17.8. The Labute approximate surface area is 497 Å². The van der Waals surface area contributed by atoms with Gasteiger partial charge < -0.3 is 4.57 Å². The van der Waals surface area contributed by atoms with E-state index in [2.05, 4.69) is 4.98 Å². The highest BCUT2D eigenvalue weighted by atomic mass is 19.4. The molecule has 0 amide bonds. The molecule has 0 saturated carbocycles. The summed E-state index contributed by atoms with van der Waals surface area (Å²) in [6.45, 7) is 0. The van der Waals surface area contributed by atoms with E-state index in [1.165, 1.54) is 42.6 Å². The smallest absolute Gasteiger partial charge is 0.309 e. The number of nitrogens with zero attached hydrogens (tertiary/aromatic N) is 8. The van der Waals surface area contributed by atoms with Crippen molar-refractivity contribution in [1.82, 2.24) is 39.5 Å². The van der Waals surface area contributed by atoms with Crippen molar-refractivity contribution in [2.24, 2.45) is 0 Å². The number of halogens is 12. The Kier molecular flexibility index (Phi) is 14.2. The molecule has 0 spiro atoms. The molecule has 0 aliphatic rings. The van der Waals surface area contributed by atoms with Crippen molar-refractivity contribution in [1.29, 1.82) is 0 Å². The Morgan fingerprint density at radius 2 is 0.640 bits per heavy atom. The zero-order valence-corrected chi connectivity index (χ0v) is 45.6. The number of benzene rings is 9. The molecule has 0 bridgehead atoms. The van der Waals surface area contributed by atoms with Crippen LogP contribution in [0.4, 0.5) is 52.7 Å². The summed E-state index contributed by atoms with van der Waals surface area (Å²) in [7, 11) is 0. The van der Waals surface area contributed by atoms with Gasteiger partial charge in [-0.05, 0) is 95.1 Å². The zero-order valence-electron chi connectivity index (χ0n) is 45.6. The molecular formula is C69H38F12N8. The number of alkyl halides is 12. The van der Waals surface area contributed by atoms with Gasteiger partial charge in [-0.3, -0.25) is 4.98 Å². The molecule has 0 aliphatic heterocycles. The summed E-state index contributed by atoms with van der Waals surface area (Å²) < 4.78 is 176. The number of fused-ring (bicyclic) bond motifs is 3. The van der Waals surface area contributed by atoms with Crippen LogP contribution < -0.4 is 0 Å². The molecule has 0 unspecified atom stereocenters. The number of hydrogen-bond acceptors (Lipinski definition) is 7. The van der Waals surface area contributed by atoms with Crippen molar-refractivity contribution in [3.8, 4) is 107 Å². The molecule has 89 heavy (non-hydrogen) atoms. The average Bonchev–Trinajstić information content (AvgIpc) is 1.65. The van der Waals surface area contributed by atoms with Crippen LogP contribution in [0.5, 0.6) is 0 Å². The minimum absolute atomic E-state index is 0.000247. The summed E-state index contributed by atoms with van der Waals surface area (Å²) >= 11 is 0. The quantitative estimate of drug-likeness (QED) is 0.126. The Hall–Kier alpha value is -10.9. The third-order valence-corrected chi connectivity index (χ3v) is 14.9. The standard InChI is InChI=1S/C69H38F12N8/c70-66(71,72)46-24-26-48(55(36-46)68(76,77)78)43-21-28-57-51(33-43)52-34-44(49-27-25-47(67(73,74)75)37-56(49)69(79,80)81)22-29-58(52)89(57)59-30-23-45(64-85-60(39-13-5-1-6-14-39)83-61(86-64)40-15-7-2-8-16-40)35-53(59)54-38-82-32-31-50(54)65-87-62(41-17-9-3-10-18-41)84-63(88-65)42-19-11-4-12-20-42/h1-38H. The van der Waals surface area contributed by atoms with E-state index in [4.69, 9.17) is 29.9 Å². The molecule has 4 heterocycles. The van der Waals surface area contributed by atoms with Gasteiger partial charge >= 0.3 is 24.7 Å². The Bertz CT molecular complexity index is 4590. The molecule has 9 aromatic carbocycles. The van der Waals surface area contributed by atoms with Crippen molar-refractivity contribution in [3.05, 3.63) is 253 Å². The van der Waals surface area contributed by atoms with Gasteiger partial charge in [0, 0.05) is 67.7 Å². The maximum atomic E-state index is 15.0. The van der Waals surface area contributed by atoms with E-state index in [1.54, 1.807) is 35.0 Å². The maximum absolute atomic E-state index is 15.0. The second-order valence-corrected chi connectivity index (χ2v) is 20.5. The lowest BCUT2D eigenvalue weighted by atomic mass is 9.94.